The van der Waals surface area contributed by atoms with Gasteiger partial charge in [-0.2, -0.15) is 5.26 Å². The van der Waals surface area contributed by atoms with E-state index in [-0.39, 0.29) is 11.5 Å². The third-order valence-corrected chi connectivity index (χ3v) is 4.32. The van der Waals surface area contributed by atoms with Crippen LogP contribution >= 0.6 is 0 Å². The molecule has 1 aliphatic rings. The molecule has 0 aliphatic carbocycles. The van der Waals surface area contributed by atoms with Crippen LogP contribution in [0.4, 0.5) is 5.69 Å². The van der Waals surface area contributed by atoms with Crippen molar-refractivity contribution < 1.29 is 8.42 Å². The van der Waals surface area contributed by atoms with Crippen molar-refractivity contribution in [3.05, 3.63) is 29.8 Å². The smallest absolute Gasteiger partial charge is 0.153 e. The Balaban J connectivity index is 2.12. The molecule has 0 atom stereocenters. The molecule has 0 bridgehead atoms. The van der Waals surface area contributed by atoms with Gasteiger partial charge in [-0.05, 0) is 24.3 Å². The van der Waals surface area contributed by atoms with Crippen molar-refractivity contribution in [1.29, 1.82) is 5.26 Å². The maximum Gasteiger partial charge on any atom is 0.153 e. The highest BCUT2D eigenvalue weighted by Gasteiger charge is 2.21. The first-order valence-corrected chi connectivity index (χ1v) is 6.88. The molecule has 1 aromatic carbocycles. The lowest BCUT2D eigenvalue weighted by atomic mass is 10.2. The third-order valence-electron chi connectivity index (χ3n) is 2.71. The minimum Gasteiger partial charge on any atom is -0.369 e. The topological polar surface area (TPSA) is 61.2 Å². The number of hydrogen-bond donors (Lipinski definition) is 0. The summed E-state index contributed by atoms with van der Waals surface area (Å²) in [7, 11) is -2.83. The van der Waals surface area contributed by atoms with Gasteiger partial charge in [0.25, 0.3) is 0 Å². The summed E-state index contributed by atoms with van der Waals surface area (Å²) in [5, 5.41) is 8.66. The van der Waals surface area contributed by atoms with Crippen molar-refractivity contribution in [2.45, 2.75) is 0 Å². The minimum absolute atomic E-state index is 0.215. The SMILES string of the molecule is N#Cc1ccc(N2CCS(=O)(=O)CC2)cc1. The predicted octanol–water partition coefficient (Wildman–Crippen LogP) is 0.793. The van der Waals surface area contributed by atoms with Crippen LogP contribution in [0.15, 0.2) is 24.3 Å². The highest BCUT2D eigenvalue weighted by atomic mass is 32.2. The number of nitriles is 1. The molecule has 1 saturated heterocycles. The van der Waals surface area contributed by atoms with E-state index in [4.69, 9.17) is 5.26 Å². The molecule has 16 heavy (non-hydrogen) atoms. The van der Waals surface area contributed by atoms with Gasteiger partial charge < -0.3 is 4.90 Å². The highest BCUT2D eigenvalue weighted by Crippen LogP contribution is 2.17. The first-order valence-electron chi connectivity index (χ1n) is 5.06. The zero-order valence-corrected chi connectivity index (χ0v) is 9.57. The summed E-state index contributed by atoms with van der Waals surface area (Å²) < 4.78 is 22.5. The van der Waals surface area contributed by atoms with Gasteiger partial charge in [0.1, 0.15) is 0 Å². The second kappa shape index (κ2) is 4.14. The van der Waals surface area contributed by atoms with Crippen LogP contribution in [0.25, 0.3) is 0 Å². The van der Waals surface area contributed by atoms with Crippen LogP contribution in [0.2, 0.25) is 0 Å². The van der Waals surface area contributed by atoms with Crippen LogP contribution in [0.1, 0.15) is 5.56 Å². The minimum atomic E-state index is -2.83. The van der Waals surface area contributed by atoms with Gasteiger partial charge in [-0.15, -0.1) is 0 Å². The van der Waals surface area contributed by atoms with E-state index in [1.54, 1.807) is 12.1 Å². The van der Waals surface area contributed by atoms with E-state index >= 15 is 0 Å². The van der Waals surface area contributed by atoms with Crippen LogP contribution in [0.3, 0.4) is 0 Å². The monoisotopic (exact) mass is 236 g/mol. The molecule has 1 aromatic rings. The molecule has 5 heteroatoms. The van der Waals surface area contributed by atoms with Crippen molar-refractivity contribution in [2.24, 2.45) is 0 Å². The fourth-order valence-corrected chi connectivity index (χ4v) is 2.92. The molecule has 1 fully saturated rings. The van der Waals surface area contributed by atoms with Gasteiger partial charge in [0.15, 0.2) is 9.84 Å². The van der Waals surface area contributed by atoms with E-state index in [2.05, 4.69) is 6.07 Å². The summed E-state index contributed by atoms with van der Waals surface area (Å²) >= 11 is 0. The molecular formula is C11H12N2O2S. The van der Waals surface area contributed by atoms with E-state index in [0.29, 0.717) is 18.7 Å². The molecule has 0 N–H and O–H groups in total. The van der Waals surface area contributed by atoms with Gasteiger partial charge in [-0.1, -0.05) is 0 Å². The molecular weight excluding hydrogens is 224 g/mol. The fourth-order valence-electron chi connectivity index (χ4n) is 1.72. The van der Waals surface area contributed by atoms with Crippen molar-refractivity contribution in [3.63, 3.8) is 0 Å². The second-order valence-corrected chi connectivity index (χ2v) is 6.10. The molecule has 0 radical (unpaired) electrons. The Labute approximate surface area is 95.0 Å². The molecule has 0 saturated carbocycles. The van der Waals surface area contributed by atoms with Crippen LogP contribution < -0.4 is 4.90 Å². The average molecular weight is 236 g/mol. The summed E-state index contributed by atoms with van der Waals surface area (Å²) in [6, 6.07) is 9.27. The van der Waals surface area contributed by atoms with E-state index in [9.17, 15) is 8.42 Å². The van der Waals surface area contributed by atoms with E-state index in [1.807, 2.05) is 17.0 Å². The average Bonchev–Trinajstić information content (AvgIpc) is 2.29. The van der Waals surface area contributed by atoms with Crippen molar-refractivity contribution in [1.82, 2.24) is 0 Å². The Hall–Kier alpha value is -1.54. The molecule has 1 aliphatic heterocycles. The Morgan fingerprint density at radius 2 is 1.69 bits per heavy atom. The quantitative estimate of drug-likeness (QED) is 0.723. The lowest BCUT2D eigenvalue weighted by Crippen LogP contribution is -2.40. The van der Waals surface area contributed by atoms with E-state index in [1.165, 1.54) is 0 Å². The summed E-state index contributed by atoms with van der Waals surface area (Å²) in [4.78, 5) is 2.03. The fraction of sp³-hybridized carbons (Fsp3) is 0.364. The van der Waals surface area contributed by atoms with Gasteiger partial charge in [-0.3, -0.25) is 0 Å². The molecule has 0 unspecified atom stereocenters. The highest BCUT2D eigenvalue weighted by molar-refractivity contribution is 7.91. The molecule has 1 heterocycles. The van der Waals surface area contributed by atoms with Crippen LogP contribution in [-0.2, 0) is 9.84 Å². The number of rotatable bonds is 1. The molecule has 84 valence electrons. The van der Waals surface area contributed by atoms with E-state index in [0.717, 1.165) is 5.69 Å². The Bertz CT molecular complexity index is 500. The predicted molar refractivity (Wildman–Crippen MR) is 62.0 cm³/mol. The Kier molecular flexibility index (Phi) is 2.84. The van der Waals surface area contributed by atoms with Gasteiger partial charge in [0.05, 0.1) is 23.1 Å². The lowest BCUT2D eigenvalue weighted by Gasteiger charge is -2.28. The van der Waals surface area contributed by atoms with Crippen molar-refractivity contribution in [2.75, 3.05) is 29.5 Å². The van der Waals surface area contributed by atoms with Gasteiger partial charge in [0.2, 0.25) is 0 Å². The lowest BCUT2D eigenvalue weighted by molar-refractivity contribution is 0.587. The Morgan fingerprint density at radius 1 is 1.12 bits per heavy atom. The van der Waals surface area contributed by atoms with Gasteiger partial charge in [-0.25, -0.2) is 8.42 Å². The maximum absolute atomic E-state index is 11.3. The first-order chi connectivity index (χ1) is 7.61. The maximum atomic E-state index is 11.3. The molecule has 0 aromatic heterocycles. The van der Waals surface area contributed by atoms with E-state index < -0.39 is 9.84 Å². The molecule has 0 spiro atoms. The van der Waals surface area contributed by atoms with Crippen molar-refractivity contribution in [3.8, 4) is 6.07 Å². The number of sulfone groups is 1. The molecule has 2 rings (SSSR count). The van der Waals surface area contributed by atoms with Crippen molar-refractivity contribution >= 4 is 15.5 Å². The normalized spacial score (nSPS) is 19.1. The summed E-state index contributed by atoms with van der Waals surface area (Å²) in [5.41, 5.74) is 1.60. The summed E-state index contributed by atoms with van der Waals surface area (Å²) in [6.45, 7) is 1.07. The number of hydrogen-bond acceptors (Lipinski definition) is 4. The standard InChI is InChI=1S/C11H12N2O2S/c12-9-10-1-3-11(4-2-10)13-5-7-16(14,15)8-6-13/h1-4H,5-8H2. The van der Waals surface area contributed by atoms with Crippen LogP contribution in [-0.4, -0.2) is 33.0 Å². The largest absolute Gasteiger partial charge is 0.369 e. The summed E-state index contributed by atoms with van der Waals surface area (Å²) in [6.07, 6.45) is 0. The Morgan fingerprint density at radius 3 is 2.19 bits per heavy atom. The number of nitrogens with zero attached hydrogens (tertiary/aromatic N) is 2. The zero-order valence-electron chi connectivity index (χ0n) is 8.76. The third kappa shape index (κ3) is 2.34. The number of anilines is 1. The molecule has 0 amide bonds. The summed E-state index contributed by atoms with van der Waals surface area (Å²) in [5.74, 6) is 0.431. The van der Waals surface area contributed by atoms with Crippen LogP contribution in [0.5, 0.6) is 0 Å². The zero-order chi connectivity index (χ0) is 11.6. The van der Waals surface area contributed by atoms with Gasteiger partial charge >= 0.3 is 0 Å². The number of benzene rings is 1. The van der Waals surface area contributed by atoms with Crippen LogP contribution in [0, 0.1) is 11.3 Å². The van der Waals surface area contributed by atoms with Gasteiger partial charge in [0, 0.05) is 18.8 Å². The first kappa shape index (κ1) is 11.0. The molecule has 4 nitrogen and oxygen atoms in total. The second-order valence-electron chi connectivity index (χ2n) is 3.80.